The molecule has 0 aromatic carbocycles. The fourth-order valence-electron chi connectivity index (χ4n) is 0.923. The van der Waals surface area contributed by atoms with Gasteiger partial charge in [-0.25, -0.2) is 8.78 Å². The molecule has 2 N–H and O–H groups in total. The normalized spacial score (nSPS) is 12.3. The lowest BCUT2D eigenvalue weighted by molar-refractivity contribution is 0.128. The summed E-state index contributed by atoms with van der Waals surface area (Å²) >= 11 is 0. The molecule has 74 valence electrons. The number of nitrogens with zero attached hydrogens (tertiary/aromatic N) is 1. The van der Waals surface area contributed by atoms with E-state index in [4.69, 9.17) is 5.73 Å². The van der Waals surface area contributed by atoms with Gasteiger partial charge in [-0.1, -0.05) is 6.07 Å². The van der Waals surface area contributed by atoms with E-state index >= 15 is 0 Å². The lowest BCUT2D eigenvalue weighted by Crippen LogP contribution is -2.13. The fraction of sp³-hybridized carbons (Fsp3) is 0.375. The van der Waals surface area contributed by atoms with Crippen LogP contribution in [0.25, 0.3) is 0 Å². The van der Waals surface area contributed by atoms with Gasteiger partial charge in [-0.2, -0.15) is 0 Å². The summed E-state index contributed by atoms with van der Waals surface area (Å²) in [5.41, 5.74) is 6.13. The Kier molecular flexibility index (Phi) is 5.50. The molecule has 2 nitrogen and oxygen atoms in total. The minimum absolute atomic E-state index is 0. The second-order valence-electron chi connectivity index (χ2n) is 2.52. The summed E-state index contributed by atoms with van der Waals surface area (Å²) < 4.78 is 23.7. The number of hydrogen-bond acceptors (Lipinski definition) is 2. The molecule has 0 unspecified atom stereocenters. The first-order valence-corrected chi connectivity index (χ1v) is 3.64. The standard InChI is InChI=1S/C8H10F2N2.ClH/c9-8(10)4-7(11)6-2-1-3-12-5-6;/h1-3,5,7-8H,4,11H2;1H/t7-;/m0./s1. The molecule has 0 aliphatic heterocycles. The van der Waals surface area contributed by atoms with Crippen LogP contribution in [0.5, 0.6) is 0 Å². The zero-order chi connectivity index (χ0) is 8.97. The van der Waals surface area contributed by atoms with Crippen LogP contribution in [0.15, 0.2) is 24.5 Å². The van der Waals surface area contributed by atoms with Gasteiger partial charge in [-0.15, -0.1) is 12.4 Å². The Hall–Kier alpha value is -0.740. The van der Waals surface area contributed by atoms with Crippen molar-refractivity contribution in [1.29, 1.82) is 0 Å². The first kappa shape index (κ1) is 12.3. The number of nitrogens with two attached hydrogens (primary N) is 1. The molecule has 0 radical (unpaired) electrons. The number of aromatic nitrogens is 1. The zero-order valence-corrected chi connectivity index (χ0v) is 7.68. The van der Waals surface area contributed by atoms with Crippen LogP contribution < -0.4 is 5.73 Å². The monoisotopic (exact) mass is 208 g/mol. The van der Waals surface area contributed by atoms with Gasteiger partial charge < -0.3 is 5.73 Å². The molecule has 0 fully saturated rings. The van der Waals surface area contributed by atoms with Gasteiger partial charge >= 0.3 is 0 Å². The molecule has 5 heteroatoms. The molecular weight excluding hydrogens is 198 g/mol. The highest BCUT2D eigenvalue weighted by molar-refractivity contribution is 5.85. The Morgan fingerprint density at radius 3 is 2.62 bits per heavy atom. The van der Waals surface area contributed by atoms with Crippen LogP contribution in [-0.2, 0) is 0 Å². The quantitative estimate of drug-likeness (QED) is 0.827. The largest absolute Gasteiger partial charge is 0.324 e. The third-order valence-electron chi connectivity index (χ3n) is 1.54. The molecule has 1 heterocycles. The highest BCUT2D eigenvalue weighted by Gasteiger charge is 2.12. The SMILES string of the molecule is Cl.N[C@@H](CC(F)F)c1cccnc1. The van der Waals surface area contributed by atoms with Gasteiger partial charge in [0.25, 0.3) is 0 Å². The van der Waals surface area contributed by atoms with E-state index in [-0.39, 0.29) is 18.8 Å². The van der Waals surface area contributed by atoms with E-state index in [1.165, 1.54) is 6.20 Å². The number of alkyl halides is 2. The summed E-state index contributed by atoms with van der Waals surface area (Å²) in [5, 5.41) is 0. The average Bonchev–Trinajstić information content (AvgIpc) is 2.05. The van der Waals surface area contributed by atoms with E-state index in [0.29, 0.717) is 5.56 Å². The van der Waals surface area contributed by atoms with Gasteiger partial charge in [0.15, 0.2) is 0 Å². The Balaban J connectivity index is 0.00000144. The molecule has 1 aromatic rings. The summed E-state index contributed by atoms with van der Waals surface area (Å²) in [5.74, 6) is 0. The van der Waals surface area contributed by atoms with Crippen LogP contribution in [0.3, 0.4) is 0 Å². The highest BCUT2D eigenvalue weighted by Crippen LogP contribution is 2.16. The zero-order valence-electron chi connectivity index (χ0n) is 6.86. The second-order valence-corrected chi connectivity index (χ2v) is 2.52. The highest BCUT2D eigenvalue weighted by atomic mass is 35.5. The van der Waals surface area contributed by atoms with Crippen LogP contribution in [0, 0.1) is 0 Å². The maximum absolute atomic E-state index is 11.9. The van der Waals surface area contributed by atoms with Gasteiger partial charge in [0.05, 0.1) is 0 Å². The van der Waals surface area contributed by atoms with Crippen molar-refractivity contribution in [3.8, 4) is 0 Å². The maximum Gasteiger partial charge on any atom is 0.240 e. The van der Waals surface area contributed by atoms with E-state index in [2.05, 4.69) is 4.98 Å². The summed E-state index contributed by atoms with van der Waals surface area (Å²) in [4.78, 5) is 3.79. The molecule has 0 amide bonds. The van der Waals surface area contributed by atoms with Crippen molar-refractivity contribution in [2.24, 2.45) is 5.73 Å². The molecule has 1 atom stereocenters. The fourth-order valence-corrected chi connectivity index (χ4v) is 0.923. The van der Waals surface area contributed by atoms with Crippen LogP contribution in [0.1, 0.15) is 18.0 Å². The van der Waals surface area contributed by atoms with Crippen molar-refractivity contribution in [2.75, 3.05) is 0 Å². The lowest BCUT2D eigenvalue weighted by atomic mass is 10.1. The summed E-state index contributed by atoms with van der Waals surface area (Å²) in [6, 6.07) is 2.76. The predicted molar refractivity (Wildman–Crippen MR) is 49.0 cm³/mol. The number of hydrogen-bond donors (Lipinski definition) is 1. The molecule has 0 spiro atoms. The van der Waals surface area contributed by atoms with Gasteiger partial charge in [0.1, 0.15) is 0 Å². The molecule has 13 heavy (non-hydrogen) atoms. The van der Waals surface area contributed by atoms with E-state index in [9.17, 15) is 8.78 Å². The van der Waals surface area contributed by atoms with Gasteiger partial charge in [-0.05, 0) is 11.6 Å². The average molecular weight is 209 g/mol. The second kappa shape index (κ2) is 5.83. The van der Waals surface area contributed by atoms with E-state index in [0.717, 1.165) is 0 Å². The van der Waals surface area contributed by atoms with Crippen LogP contribution in [0.4, 0.5) is 8.78 Å². The molecule has 1 rings (SSSR count). The Bertz CT molecular complexity index is 231. The van der Waals surface area contributed by atoms with Gasteiger partial charge in [0, 0.05) is 24.9 Å². The maximum atomic E-state index is 11.9. The predicted octanol–water partition coefficient (Wildman–Crippen LogP) is 2.16. The smallest absolute Gasteiger partial charge is 0.240 e. The summed E-state index contributed by atoms with van der Waals surface area (Å²) in [6.07, 6.45) is 0.414. The molecule has 0 aliphatic rings. The van der Waals surface area contributed by atoms with E-state index in [1.54, 1.807) is 18.3 Å². The number of rotatable bonds is 3. The minimum Gasteiger partial charge on any atom is -0.324 e. The topological polar surface area (TPSA) is 38.9 Å². The van der Waals surface area contributed by atoms with Crippen molar-refractivity contribution in [1.82, 2.24) is 4.98 Å². The first-order chi connectivity index (χ1) is 5.70. The van der Waals surface area contributed by atoms with E-state index in [1.807, 2.05) is 0 Å². The van der Waals surface area contributed by atoms with Crippen molar-refractivity contribution in [3.63, 3.8) is 0 Å². The molecule has 0 saturated heterocycles. The van der Waals surface area contributed by atoms with Crippen molar-refractivity contribution >= 4 is 12.4 Å². The van der Waals surface area contributed by atoms with Crippen LogP contribution in [-0.4, -0.2) is 11.4 Å². The van der Waals surface area contributed by atoms with Crippen molar-refractivity contribution < 1.29 is 8.78 Å². The Morgan fingerprint density at radius 1 is 1.46 bits per heavy atom. The van der Waals surface area contributed by atoms with Crippen molar-refractivity contribution in [2.45, 2.75) is 18.9 Å². The molecule has 0 bridgehead atoms. The molecular formula is C8H11ClF2N2. The third kappa shape index (κ3) is 4.15. The van der Waals surface area contributed by atoms with Crippen LogP contribution >= 0.6 is 12.4 Å². The Morgan fingerprint density at radius 2 is 2.15 bits per heavy atom. The minimum atomic E-state index is -2.36. The van der Waals surface area contributed by atoms with Crippen molar-refractivity contribution in [3.05, 3.63) is 30.1 Å². The van der Waals surface area contributed by atoms with Gasteiger partial charge in [-0.3, -0.25) is 4.98 Å². The molecule has 0 saturated carbocycles. The summed E-state index contributed by atoms with van der Waals surface area (Å²) in [6.45, 7) is 0. The lowest BCUT2D eigenvalue weighted by Gasteiger charge is -2.09. The molecule has 1 aromatic heterocycles. The number of halogens is 3. The summed E-state index contributed by atoms with van der Waals surface area (Å²) in [7, 11) is 0. The van der Waals surface area contributed by atoms with Crippen LogP contribution in [0.2, 0.25) is 0 Å². The third-order valence-corrected chi connectivity index (χ3v) is 1.54. The number of pyridine rings is 1. The van der Waals surface area contributed by atoms with E-state index < -0.39 is 12.5 Å². The Labute approximate surface area is 81.6 Å². The molecule has 0 aliphatic carbocycles. The first-order valence-electron chi connectivity index (χ1n) is 3.64. The van der Waals surface area contributed by atoms with Gasteiger partial charge in [0.2, 0.25) is 6.43 Å².